The Bertz CT molecular complexity index is 557. The van der Waals surface area contributed by atoms with Gasteiger partial charge in [-0.05, 0) is 71.5 Å². The Hall–Kier alpha value is -1.20. The molecule has 5 nitrogen and oxygen atoms in total. The maximum atomic E-state index is 4.70. The van der Waals surface area contributed by atoms with Crippen molar-refractivity contribution in [1.82, 2.24) is 20.2 Å². The molecule has 2 N–H and O–H groups in total. The first-order chi connectivity index (χ1) is 11.8. The van der Waals surface area contributed by atoms with Gasteiger partial charge in [0.2, 0.25) is 0 Å². The van der Waals surface area contributed by atoms with Crippen molar-refractivity contribution in [1.29, 1.82) is 0 Å². The van der Waals surface area contributed by atoms with E-state index in [1.54, 1.807) is 0 Å². The van der Waals surface area contributed by atoms with Crippen molar-refractivity contribution in [2.24, 2.45) is 0 Å². The minimum atomic E-state index is 0.491. The molecule has 1 aromatic rings. The Labute approximate surface area is 145 Å². The van der Waals surface area contributed by atoms with Gasteiger partial charge in [0.15, 0.2) is 0 Å². The zero-order valence-electron chi connectivity index (χ0n) is 15.0. The van der Waals surface area contributed by atoms with E-state index in [1.165, 1.54) is 63.7 Å². The maximum Gasteiger partial charge on any atom is 0.129 e. The monoisotopic (exact) mass is 329 g/mol. The molecule has 132 valence electrons. The molecule has 3 fully saturated rings. The SMILES string of the molecule is Cc1nc(NCCC23CCCN2CCC3)cc(C2CCCNC2)n1. The third kappa shape index (κ3) is 3.29. The first-order valence-electron chi connectivity index (χ1n) is 9.80. The molecule has 0 spiro atoms. The van der Waals surface area contributed by atoms with Gasteiger partial charge in [-0.15, -0.1) is 0 Å². The summed E-state index contributed by atoms with van der Waals surface area (Å²) in [5, 5.41) is 7.09. The second-order valence-corrected chi connectivity index (χ2v) is 7.86. The highest BCUT2D eigenvalue weighted by molar-refractivity contribution is 5.37. The van der Waals surface area contributed by atoms with Crippen LogP contribution in [-0.2, 0) is 0 Å². The number of fused-ring (bicyclic) bond motifs is 1. The molecule has 3 saturated heterocycles. The van der Waals surface area contributed by atoms with E-state index in [0.29, 0.717) is 11.5 Å². The van der Waals surface area contributed by atoms with Crippen LogP contribution in [0, 0.1) is 6.92 Å². The van der Waals surface area contributed by atoms with Gasteiger partial charge >= 0.3 is 0 Å². The van der Waals surface area contributed by atoms with Gasteiger partial charge in [0.25, 0.3) is 0 Å². The Morgan fingerprint density at radius 3 is 2.83 bits per heavy atom. The van der Waals surface area contributed by atoms with Gasteiger partial charge in [0.1, 0.15) is 11.6 Å². The summed E-state index contributed by atoms with van der Waals surface area (Å²) in [6.07, 6.45) is 9.26. The highest BCUT2D eigenvalue weighted by Crippen LogP contribution is 2.41. The van der Waals surface area contributed by atoms with E-state index in [4.69, 9.17) is 4.98 Å². The van der Waals surface area contributed by atoms with Crippen molar-refractivity contribution in [2.45, 2.75) is 63.3 Å². The number of nitrogens with one attached hydrogen (secondary N) is 2. The second kappa shape index (κ2) is 6.96. The molecule has 1 atom stereocenters. The Morgan fingerprint density at radius 2 is 2.08 bits per heavy atom. The average Bonchev–Trinajstić information content (AvgIpc) is 3.15. The molecule has 0 saturated carbocycles. The molecule has 24 heavy (non-hydrogen) atoms. The smallest absolute Gasteiger partial charge is 0.129 e. The number of aromatic nitrogens is 2. The summed E-state index contributed by atoms with van der Waals surface area (Å²) >= 11 is 0. The van der Waals surface area contributed by atoms with Crippen molar-refractivity contribution in [3.63, 3.8) is 0 Å². The molecule has 3 aliphatic heterocycles. The predicted octanol–water partition coefficient (Wildman–Crippen LogP) is 2.68. The summed E-state index contributed by atoms with van der Waals surface area (Å²) < 4.78 is 0. The fourth-order valence-corrected chi connectivity index (χ4v) is 5.05. The lowest BCUT2D eigenvalue weighted by molar-refractivity contribution is 0.187. The van der Waals surface area contributed by atoms with Crippen LogP contribution in [0.5, 0.6) is 0 Å². The van der Waals surface area contributed by atoms with Gasteiger partial charge in [0, 0.05) is 30.6 Å². The molecule has 0 bridgehead atoms. The van der Waals surface area contributed by atoms with Crippen LogP contribution in [0.4, 0.5) is 5.82 Å². The van der Waals surface area contributed by atoms with Crippen molar-refractivity contribution < 1.29 is 0 Å². The zero-order valence-corrected chi connectivity index (χ0v) is 15.0. The van der Waals surface area contributed by atoms with E-state index < -0.39 is 0 Å². The number of aryl methyl sites for hydroxylation is 1. The fourth-order valence-electron chi connectivity index (χ4n) is 5.05. The van der Waals surface area contributed by atoms with E-state index in [2.05, 4.69) is 26.6 Å². The number of hydrogen-bond donors (Lipinski definition) is 2. The average molecular weight is 329 g/mol. The normalized spacial score (nSPS) is 26.5. The topological polar surface area (TPSA) is 53.1 Å². The lowest BCUT2D eigenvalue weighted by Crippen LogP contribution is -2.39. The molecular formula is C19H31N5. The van der Waals surface area contributed by atoms with Crippen LogP contribution in [0.25, 0.3) is 0 Å². The molecule has 5 heteroatoms. The summed E-state index contributed by atoms with van der Waals surface area (Å²) in [4.78, 5) is 12.1. The van der Waals surface area contributed by atoms with Crippen LogP contribution in [-0.4, -0.2) is 53.1 Å². The number of hydrogen-bond acceptors (Lipinski definition) is 5. The van der Waals surface area contributed by atoms with Crippen molar-refractivity contribution in [3.8, 4) is 0 Å². The Balaban J connectivity index is 1.38. The first kappa shape index (κ1) is 16.3. The molecule has 1 aromatic heterocycles. The van der Waals surface area contributed by atoms with Crippen LogP contribution in [0.2, 0.25) is 0 Å². The highest BCUT2D eigenvalue weighted by Gasteiger charge is 2.43. The van der Waals surface area contributed by atoms with Gasteiger partial charge < -0.3 is 10.6 Å². The lowest BCUT2D eigenvalue weighted by Gasteiger charge is -2.32. The summed E-state index contributed by atoms with van der Waals surface area (Å²) in [6.45, 7) is 7.85. The molecule has 0 amide bonds. The number of anilines is 1. The third-order valence-electron chi connectivity index (χ3n) is 6.28. The number of piperidine rings is 1. The van der Waals surface area contributed by atoms with Crippen molar-refractivity contribution in [2.75, 3.05) is 38.0 Å². The van der Waals surface area contributed by atoms with E-state index in [9.17, 15) is 0 Å². The molecule has 0 aliphatic carbocycles. The molecule has 3 aliphatic rings. The van der Waals surface area contributed by atoms with Gasteiger partial charge in [0.05, 0.1) is 5.69 Å². The predicted molar refractivity (Wildman–Crippen MR) is 97.5 cm³/mol. The van der Waals surface area contributed by atoms with Crippen LogP contribution >= 0.6 is 0 Å². The van der Waals surface area contributed by atoms with E-state index in [0.717, 1.165) is 31.3 Å². The molecule has 1 unspecified atom stereocenters. The fraction of sp³-hybridized carbons (Fsp3) is 0.789. The summed E-state index contributed by atoms with van der Waals surface area (Å²) in [7, 11) is 0. The summed E-state index contributed by atoms with van der Waals surface area (Å²) in [5.74, 6) is 2.45. The van der Waals surface area contributed by atoms with Crippen molar-refractivity contribution >= 4 is 5.82 Å². The van der Waals surface area contributed by atoms with Crippen LogP contribution < -0.4 is 10.6 Å². The molecule has 0 aromatic carbocycles. The van der Waals surface area contributed by atoms with E-state index >= 15 is 0 Å². The van der Waals surface area contributed by atoms with Gasteiger partial charge in [-0.3, -0.25) is 4.90 Å². The largest absolute Gasteiger partial charge is 0.370 e. The quantitative estimate of drug-likeness (QED) is 0.870. The summed E-state index contributed by atoms with van der Waals surface area (Å²) in [5.41, 5.74) is 1.70. The Morgan fingerprint density at radius 1 is 1.25 bits per heavy atom. The van der Waals surface area contributed by atoms with Crippen molar-refractivity contribution in [3.05, 3.63) is 17.6 Å². The minimum absolute atomic E-state index is 0.491. The first-order valence-corrected chi connectivity index (χ1v) is 9.80. The van der Waals surface area contributed by atoms with Crippen LogP contribution in [0.3, 0.4) is 0 Å². The summed E-state index contributed by atoms with van der Waals surface area (Å²) in [6, 6.07) is 2.18. The molecule has 4 rings (SSSR count). The van der Waals surface area contributed by atoms with E-state index in [-0.39, 0.29) is 0 Å². The number of rotatable bonds is 5. The second-order valence-electron chi connectivity index (χ2n) is 7.86. The van der Waals surface area contributed by atoms with Gasteiger partial charge in [-0.1, -0.05) is 0 Å². The molecule has 4 heterocycles. The third-order valence-corrected chi connectivity index (χ3v) is 6.28. The number of nitrogens with zero attached hydrogens (tertiary/aromatic N) is 3. The van der Waals surface area contributed by atoms with Gasteiger partial charge in [-0.25, -0.2) is 9.97 Å². The minimum Gasteiger partial charge on any atom is -0.370 e. The van der Waals surface area contributed by atoms with Gasteiger partial charge in [-0.2, -0.15) is 0 Å². The lowest BCUT2D eigenvalue weighted by atomic mass is 9.90. The molecule has 0 radical (unpaired) electrons. The van der Waals surface area contributed by atoms with E-state index in [1.807, 2.05) is 6.92 Å². The van der Waals surface area contributed by atoms with Crippen LogP contribution in [0.15, 0.2) is 6.07 Å². The highest BCUT2D eigenvalue weighted by atomic mass is 15.2. The molecular weight excluding hydrogens is 298 g/mol. The standard InChI is InChI=1S/C19H31N5/c1-15-22-17(16-5-2-9-20-14-16)13-18(23-15)21-10-8-19-6-3-11-24(19)12-4-7-19/h13,16,20H,2-12,14H2,1H3,(H,21,22,23). The Kier molecular flexibility index (Phi) is 4.72. The zero-order chi connectivity index (χ0) is 16.4. The van der Waals surface area contributed by atoms with Crippen LogP contribution in [0.1, 0.15) is 62.4 Å². The maximum absolute atomic E-state index is 4.70.